The molecule has 3 nitrogen and oxygen atoms in total. The maximum Gasteiger partial charge on any atom is 0.0738 e. The summed E-state index contributed by atoms with van der Waals surface area (Å²) in [6, 6.07) is 8.35. The number of hydrogen-bond acceptors (Lipinski definition) is 3. The first-order valence-electron chi connectivity index (χ1n) is 6.75. The van der Waals surface area contributed by atoms with Crippen molar-refractivity contribution in [3.8, 4) is 0 Å². The van der Waals surface area contributed by atoms with Crippen molar-refractivity contribution in [1.29, 1.82) is 0 Å². The number of nitrogens with one attached hydrogen (secondary N) is 1. The molecule has 0 radical (unpaired) electrons. The van der Waals surface area contributed by atoms with E-state index < -0.39 is 0 Å². The summed E-state index contributed by atoms with van der Waals surface area (Å²) in [6.45, 7) is 2.02. The molecule has 0 fully saturated rings. The van der Waals surface area contributed by atoms with Crippen LogP contribution in [-0.4, -0.2) is 28.6 Å². The molecule has 0 spiro atoms. The van der Waals surface area contributed by atoms with E-state index in [1.54, 1.807) is 0 Å². The van der Waals surface area contributed by atoms with E-state index in [1.165, 1.54) is 10.6 Å². The number of rotatable bonds is 6. The highest BCUT2D eigenvalue weighted by Gasteiger charge is 2.16. The molecule has 2 aromatic rings. The SMILES string of the molecule is CNC(CSc1cccc(Cl)c1)Cc1c(Br)c(C)nn1C. The summed E-state index contributed by atoms with van der Waals surface area (Å²) in [5.41, 5.74) is 2.25. The van der Waals surface area contributed by atoms with Gasteiger partial charge in [-0.2, -0.15) is 5.10 Å². The van der Waals surface area contributed by atoms with Crippen molar-refractivity contribution in [3.63, 3.8) is 0 Å². The van der Waals surface area contributed by atoms with Crippen LogP contribution in [0.5, 0.6) is 0 Å². The molecule has 1 unspecified atom stereocenters. The molecule has 21 heavy (non-hydrogen) atoms. The van der Waals surface area contributed by atoms with Crippen LogP contribution in [0.1, 0.15) is 11.4 Å². The first-order valence-corrected chi connectivity index (χ1v) is 8.90. The number of aryl methyl sites for hydroxylation is 2. The zero-order valence-corrected chi connectivity index (χ0v) is 15.5. The van der Waals surface area contributed by atoms with E-state index in [9.17, 15) is 0 Å². The van der Waals surface area contributed by atoms with Crippen LogP contribution in [0.4, 0.5) is 0 Å². The van der Waals surface area contributed by atoms with E-state index in [0.717, 1.165) is 27.4 Å². The van der Waals surface area contributed by atoms with Gasteiger partial charge in [0.15, 0.2) is 0 Å². The number of hydrogen-bond donors (Lipinski definition) is 1. The molecule has 114 valence electrons. The molecule has 1 aromatic carbocycles. The van der Waals surface area contributed by atoms with E-state index in [4.69, 9.17) is 11.6 Å². The molecule has 1 atom stereocenters. The van der Waals surface area contributed by atoms with E-state index in [0.29, 0.717) is 6.04 Å². The Balaban J connectivity index is 2.00. The number of halogens is 2. The Labute approximate surface area is 143 Å². The van der Waals surface area contributed by atoms with Crippen LogP contribution >= 0.6 is 39.3 Å². The lowest BCUT2D eigenvalue weighted by molar-refractivity contribution is 0.580. The Morgan fingerprint density at radius 1 is 1.48 bits per heavy atom. The van der Waals surface area contributed by atoms with E-state index >= 15 is 0 Å². The van der Waals surface area contributed by atoms with Crippen LogP contribution in [0.15, 0.2) is 33.6 Å². The average Bonchev–Trinajstić information content (AvgIpc) is 2.69. The van der Waals surface area contributed by atoms with Crippen LogP contribution in [-0.2, 0) is 13.5 Å². The fraction of sp³-hybridized carbons (Fsp3) is 0.400. The quantitative estimate of drug-likeness (QED) is 0.757. The molecular weight excluding hydrogens is 370 g/mol. The van der Waals surface area contributed by atoms with Crippen LogP contribution in [0.2, 0.25) is 5.02 Å². The topological polar surface area (TPSA) is 29.9 Å². The van der Waals surface area contributed by atoms with Gasteiger partial charge in [-0.25, -0.2) is 0 Å². The lowest BCUT2D eigenvalue weighted by Crippen LogP contribution is -2.31. The Bertz CT molecular complexity index is 615. The third kappa shape index (κ3) is 4.49. The predicted octanol–water partition coefficient (Wildman–Crippen LogP) is 4.07. The largest absolute Gasteiger partial charge is 0.316 e. The van der Waals surface area contributed by atoms with Crippen LogP contribution in [0.3, 0.4) is 0 Å². The van der Waals surface area contributed by atoms with Gasteiger partial charge in [-0.05, 0) is 48.1 Å². The highest BCUT2D eigenvalue weighted by atomic mass is 79.9. The van der Waals surface area contributed by atoms with Crippen molar-refractivity contribution in [3.05, 3.63) is 45.1 Å². The highest BCUT2D eigenvalue weighted by Crippen LogP contribution is 2.25. The second-order valence-corrected chi connectivity index (χ2v) is 7.25. The predicted molar refractivity (Wildman–Crippen MR) is 94.4 cm³/mol. The first-order chi connectivity index (χ1) is 10.0. The second-order valence-electron chi connectivity index (χ2n) is 4.93. The van der Waals surface area contributed by atoms with Crippen LogP contribution < -0.4 is 5.32 Å². The third-order valence-corrected chi connectivity index (χ3v) is 5.78. The molecular formula is C15H19BrClN3S. The highest BCUT2D eigenvalue weighted by molar-refractivity contribution is 9.10. The molecule has 1 heterocycles. The molecule has 0 saturated heterocycles. The molecule has 1 N–H and O–H groups in total. The molecule has 0 aliphatic rings. The van der Waals surface area contributed by atoms with Crippen molar-refractivity contribution < 1.29 is 0 Å². The van der Waals surface area contributed by atoms with Gasteiger partial charge in [0.05, 0.1) is 15.9 Å². The molecule has 0 bridgehead atoms. The van der Waals surface area contributed by atoms with Crippen LogP contribution in [0.25, 0.3) is 0 Å². The second kappa shape index (κ2) is 7.68. The summed E-state index contributed by atoms with van der Waals surface area (Å²) in [5, 5.41) is 8.61. The molecule has 0 amide bonds. The summed E-state index contributed by atoms with van der Waals surface area (Å²) in [7, 11) is 3.99. The molecule has 2 rings (SSSR count). The summed E-state index contributed by atoms with van der Waals surface area (Å²) in [4.78, 5) is 1.20. The maximum atomic E-state index is 6.02. The van der Waals surface area contributed by atoms with Crippen molar-refractivity contribution in [2.24, 2.45) is 7.05 Å². The number of benzene rings is 1. The Kier molecular flexibility index (Phi) is 6.17. The van der Waals surface area contributed by atoms with Gasteiger partial charge in [0.25, 0.3) is 0 Å². The smallest absolute Gasteiger partial charge is 0.0738 e. The fourth-order valence-corrected chi connectivity index (χ4v) is 3.95. The van der Waals surface area contributed by atoms with E-state index in [1.807, 2.05) is 55.7 Å². The number of aromatic nitrogens is 2. The average molecular weight is 389 g/mol. The van der Waals surface area contributed by atoms with Crippen molar-refractivity contribution >= 4 is 39.3 Å². The normalized spacial score (nSPS) is 12.6. The zero-order valence-electron chi connectivity index (χ0n) is 12.4. The third-order valence-electron chi connectivity index (χ3n) is 3.36. The summed E-state index contributed by atoms with van der Waals surface area (Å²) in [6.07, 6.45) is 0.933. The number of thioether (sulfide) groups is 1. The lowest BCUT2D eigenvalue weighted by atomic mass is 10.2. The number of likely N-dealkylation sites (N-methyl/N-ethyl adjacent to an activating group) is 1. The minimum Gasteiger partial charge on any atom is -0.316 e. The van der Waals surface area contributed by atoms with Crippen molar-refractivity contribution in [2.45, 2.75) is 24.3 Å². The van der Waals surface area contributed by atoms with Gasteiger partial charge in [0.2, 0.25) is 0 Å². The molecule has 6 heteroatoms. The van der Waals surface area contributed by atoms with Gasteiger partial charge < -0.3 is 5.32 Å². The summed E-state index contributed by atoms with van der Waals surface area (Å²) in [5.74, 6) is 0.980. The Morgan fingerprint density at radius 2 is 2.24 bits per heavy atom. The lowest BCUT2D eigenvalue weighted by Gasteiger charge is -2.16. The number of nitrogens with zero attached hydrogens (tertiary/aromatic N) is 2. The van der Waals surface area contributed by atoms with Gasteiger partial charge in [-0.1, -0.05) is 17.7 Å². The van der Waals surface area contributed by atoms with Gasteiger partial charge >= 0.3 is 0 Å². The Hall–Kier alpha value is -0.490. The van der Waals surface area contributed by atoms with E-state index in [2.05, 4.69) is 32.4 Å². The monoisotopic (exact) mass is 387 g/mol. The van der Waals surface area contributed by atoms with Gasteiger partial charge in [-0.15, -0.1) is 11.8 Å². The summed E-state index contributed by atoms with van der Waals surface area (Å²) < 4.78 is 3.06. The molecule has 1 aromatic heterocycles. The first kappa shape index (κ1) is 16.9. The Morgan fingerprint density at radius 3 is 2.81 bits per heavy atom. The minimum atomic E-state index is 0.375. The van der Waals surface area contributed by atoms with Crippen molar-refractivity contribution in [2.75, 3.05) is 12.8 Å². The molecule has 0 saturated carbocycles. The fourth-order valence-electron chi connectivity index (χ4n) is 2.13. The minimum absolute atomic E-state index is 0.375. The summed E-state index contributed by atoms with van der Waals surface area (Å²) >= 11 is 11.5. The van der Waals surface area contributed by atoms with Crippen LogP contribution in [0, 0.1) is 6.92 Å². The zero-order chi connectivity index (χ0) is 15.4. The standard InChI is InChI=1S/C15H19BrClN3S/c1-10-15(16)14(20(3)19-10)8-12(18-2)9-21-13-6-4-5-11(17)7-13/h4-7,12,18H,8-9H2,1-3H3. The molecule has 0 aliphatic heterocycles. The van der Waals surface area contributed by atoms with E-state index in [-0.39, 0.29) is 0 Å². The van der Waals surface area contributed by atoms with Gasteiger partial charge in [-0.3, -0.25) is 4.68 Å². The molecule has 0 aliphatic carbocycles. The maximum absolute atomic E-state index is 6.02. The van der Waals surface area contributed by atoms with Crippen molar-refractivity contribution in [1.82, 2.24) is 15.1 Å². The van der Waals surface area contributed by atoms with Gasteiger partial charge in [0.1, 0.15) is 0 Å². The van der Waals surface area contributed by atoms with Gasteiger partial charge in [0, 0.05) is 35.2 Å².